The van der Waals surface area contributed by atoms with Crippen molar-refractivity contribution in [1.82, 2.24) is 5.32 Å². The van der Waals surface area contributed by atoms with E-state index in [1.54, 1.807) is 0 Å². The SMILES string of the molecule is CC#CCC(CC1CCS(=O)(=O)C1)NCC. The van der Waals surface area contributed by atoms with E-state index < -0.39 is 9.84 Å². The molecule has 0 aromatic rings. The summed E-state index contributed by atoms with van der Waals surface area (Å²) in [6, 6.07) is 0.343. The smallest absolute Gasteiger partial charge is 0.150 e. The molecule has 1 rings (SSSR count). The van der Waals surface area contributed by atoms with Crippen molar-refractivity contribution >= 4 is 9.84 Å². The van der Waals surface area contributed by atoms with Crippen molar-refractivity contribution in [2.45, 2.75) is 39.2 Å². The van der Waals surface area contributed by atoms with Crippen LogP contribution in [0.1, 0.15) is 33.1 Å². The van der Waals surface area contributed by atoms with Gasteiger partial charge in [0.2, 0.25) is 0 Å². The van der Waals surface area contributed by atoms with E-state index in [2.05, 4.69) is 24.1 Å². The maximum atomic E-state index is 11.3. The monoisotopic (exact) mass is 243 g/mol. The van der Waals surface area contributed by atoms with Crippen LogP contribution in [0.5, 0.6) is 0 Å². The van der Waals surface area contributed by atoms with Gasteiger partial charge in [0.1, 0.15) is 0 Å². The fourth-order valence-corrected chi connectivity index (χ4v) is 4.09. The quantitative estimate of drug-likeness (QED) is 0.738. The number of sulfone groups is 1. The summed E-state index contributed by atoms with van der Waals surface area (Å²) in [6.07, 6.45) is 2.58. The minimum Gasteiger partial charge on any atom is -0.313 e. The van der Waals surface area contributed by atoms with Gasteiger partial charge in [-0.25, -0.2) is 8.42 Å². The Morgan fingerprint density at radius 3 is 2.75 bits per heavy atom. The summed E-state index contributed by atoms with van der Waals surface area (Å²) >= 11 is 0. The zero-order chi connectivity index (χ0) is 12.0. The first-order valence-electron chi connectivity index (χ1n) is 5.90. The van der Waals surface area contributed by atoms with Crippen LogP contribution in [0, 0.1) is 17.8 Å². The maximum Gasteiger partial charge on any atom is 0.150 e. The van der Waals surface area contributed by atoms with Gasteiger partial charge < -0.3 is 5.32 Å². The van der Waals surface area contributed by atoms with Gasteiger partial charge in [-0.2, -0.15) is 0 Å². The van der Waals surface area contributed by atoms with E-state index in [4.69, 9.17) is 0 Å². The zero-order valence-corrected chi connectivity index (χ0v) is 10.9. The van der Waals surface area contributed by atoms with Gasteiger partial charge in [0.05, 0.1) is 11.5 Å². The molecule has 4 heteroatoms. The molecule has 1 fully saturated rings. The second-order valence-electron chi connectivity index (χ2n) is 4.39. The van der Waals surface area contributed by atoms with Gasteiger partial charge in [-0.1, -0.05) is 6.92 Å². The average Bonchev–Trinajstić information content (AvgIpc) is 2.55. The van der Waals surface area contributed by atoms with Crippen LogP contribution < -0.4 is 5.32 Å². The van der Waals surface area contributed by atoms with E-state index in [0.717, 1.165) is 25.8 Å². The molecule has 1 aliphatic rings. The van der Waals surface area contributed by atoms with E-state index in [1.807, 2.05) is 6.92 Å². The Morgan fingerprint density at radius 2 is 2.25 bits per heavy atom. The van der Waals surface area contributed by atoms with Crippen LogP contribution in [0.2, 0.25) is 0 Å². The Morgan fingerprint density at radius 1 is 1.50 bits per heavy atom. The first-order valence-corrected chi connectivity index (χ1v) is 7.73. The van der Waals surface area contributed by atoms with Gasteiger partial charge in [0.25, 0.3) is 0 Å². The summed E-state index contributed by atoms with van der Waals surface area (Å²) in [5, 5.41) is 3.37. The molecule has 1 saturated heterocycles. The summed E-state index contributed by atoms with van der Waals surface area (Å²) in [6.45, 7) is 4.82. The van der Waals surface area contributed by atoms with Crippen LogP contribution in [-0.4, -0.2) is 32.5 Å². The van der Waals surface area contributed by atoms with Crippen LogP contribution in [0.4, 0.5) is 0 Å². The summed E-state index contributed by atoms with van der Waals surface area (Å²) < 4.78 is 22.7. The lowest BCUT2D eigenvalue weighted by Gasteiger charge is -2.18. The van der Waals surface area contributed by atoms with Crippen LogP contribution in [0.3, 0.4) is 0 Å². The summed E-state index contributed by atoms with van der Waals surface area (Å²) in [5.41, 5.74) is 0. The van der Waals surface area contributed by atoms with Gasteiger partial charge in [-0.05, 0) is 32.2 Å². The fourth-order valence-electron chi connectivity index (χ4n) is 2.21. The van der Waals surface area contributed by atoms with Crippen molar-refractivity contribution in [2.24, 2.45) is 5.92 Å². The fraction of sp³-hybridized carbons (Fsp3) is 0.833. The third kappa shape index (κ3) is 4.54. The number of rotatable bonds is 5. The van der Waals surface area contributed by atoms with E-state index in [9.17, 15) is 8.42 Å². The molecule has 16 heavy (non-hydrogen) atoms. The number of nitrogens with one attached hydrogen (secondary N) is 1. The second-order valence-corrected chi connectivity index (χ2v) is 6.62. The van der Waals surface area contributed by atoms with Crippen molar-refractivity contribution in [3.8, 4) is 11.8 Å². The van der Waals surface area contributed by atoms with Crippen LogP contribution in [0.25, 0.3) is 0 Å². The van der Waals surface area contributed by atoms with Gasteiger partial charge >= 0.3 is 0 Å². The molecule has 0 amide bonds. The Hall–Kier alpha value is -0.530. The molecular weight excluding hydrogens is 222 g/mol. The highest BCUT2D eigenvalue weighted by molar-refractivity contribution is 7.91. The lowest BCUT2D eigenvalue weighted by atomic mass is 9.97. The standard InChI is InChI=1S/C12H21NO2S/c1-3-5-6-12(13-4-2)9-11-7-8-16(14,15)10-11/h11-13H,4,6-10H2,1-2H3. The third-order valence-corrected chi connectivity index (χ3v) is 4.80. The van der Waals surface area contributed by atoms with Gasteiger partial charge in [0.15, 0.2) is 9.84 Å². The highest BCUT2D eigenvalue weighted by atomic mass is 32.2. The Labute approximate surface area is 98.9 Å². The molecule has 3 nitrogen and oxygen atoms in total. The molecule has 0 saturated carbocycles. The summed E-state index contributed by atoms with van der Waals surface area (Å²) in [4.78, 5) is 0. The molecule has 2 atom stereocenters. The number of hydrogen-bond donors (Lipinski definition) is 1. The van der Waals surface area contributed by atoms with Crippen LogP contribution in [0.15, 0.2) is 0 Å². The number of hydrogen-bond acceptors (Lipinski definition) is 3. The van der Waals surface area contributed by atoms with Crippen molar-refractivity contribution in [2.75, 3.05) is 18.1 Å². The lowest BCUT2D eigenvalue weighted by molar-refractivity contribution is 0.416. The Kier molecular flexibility index (Phi) is 5.30. The molecule has 1 N–H and O–H groups in total. The summed E-state index contributed by atoms with van der Waals surface area (Å²) in [7, 11) is -2.74. The first-order chi connectivity index (χ1) is 7.57. The molecule has 0 aromatic heterocycles. The van der Waals surface area contributed by atoms with Crippen LogP contribution >= 0.6 is 0 Å². The van der Waals surface area contributed by atoms with E-state index >= 15 is 0 Å². The molecule has 0 aromatic carbocycles. The largest absolute Gasteiger partial charge is 0.313 e. The highest BCUT2D eigenvalue weighted by Gasteiger charge is 2.29. The Bertz CT molecular complexity index is 364. The lowest BCUT2D eigenvalue weighted by Crippen LogP contribution is -2.31. The second kappa shape index (κ2) is 6.27. The van der Waals surface area contributed by atoms with Crippen LogP contribution in [-0.2, 0) is 9.84 Å². The highest BCUT2D eigenvalue weighted by Crippen LogP contribution is 2.23. The van der Waals surface area contributed by atoms with Crippen molar-refractivity contribution in [3.63, 3.8) is 0 Å². The molecule has 1 heterocycles. The van der Waals surface area contributed by atoms with E-state index in [-0.39, 0.29) is 0 Å². The molecule has 92 valence electrons. The molecule has 0 radical (unpaired) electrons. The predicted molar refractivity (Wildman–Crippen MR) is 66.9 cm³/mol. The minimum absolute atomic E-state index is 0.327. The van der Waals surface area contributed by atoms with E-state index in [1.165, 1.54) is 0 Å². The first kappa shape index (κ1) is 13.5. The predicted octanol–water partition coefficient (Wildman–Crippen LogP) is 1.20. The third-order valence-electron chi connectivity index (χ3n) is 2.96. The van der Waals surface area contributed by atoms with Crippen molar-refractivity contribution in [1.29, 1.82) is 0 Å². The van der Waals surface area contributed by atoms with Crippen molar-refractivity contribution < 1.29 is 8.42 Å². The molecule has 2 unspecified atom stereocenters. The molecular formula is C12H21NO2S. The molecule has 0 spiro atoms. The average molecular weight is 243 g/mol. The van der Waals surface area contributed by atoms with E-state index in [0.29, 0.717) is 23.5 Å². The topological polar surface area (TPSA) is 46.2 Å². The van der Waals surface area contributed by atoms with Gasteiger partial charge in [0, 0.05) is 12.5 Å². The van der Waals surface area contributed by atoms with Crippen molar-refractivity contribution in [3.05, 3.63) is 0 Å². The maximum absolute atomic E-state index is 11.3. The summed E-state index contributed by atoms with van der Waals surface area (Å²) in [5.74, 6) is 7.02. The zero-order valence-electron chi connectivity index (χ0n) is 10.1. The molecule has 0 aliphatic carbocycles. The molecule has 1 aliphatic heterocycles. The van der Waals surface area contributed by atoms with Gasteiger partial charge in [-0.15, -0.1) is 11.8 Å². The van der Waals surface area contributed by atoms with Gasteiger partial charge in [-0.3, -0.25) is 0 Å². The Balaban J connectivity index is 2.44. The minimum atomic E-state index is -2.74. The molecule has 0 bridgehead atoms. The normalized spacial score (nSPS) is 24.8.